The van der Waals surface area contributed by atoms with Gasteiger partial charge in [-0.25, -0.2) is 0 Å². The van der Waals surface area contributed by atoms with Crippen LogP contribution in [0, 0.1) is 5.92 Å². The van der Waals surface area contributed by atoms with Gasteiger partial charge in [0.2, 0.25) is 0 Å². The molecule has 0 aromatic heterocycles. The molecule has 0 bridgehead atoms. The number of aliphatic carboxylic acids is 1. The van der Waals surface area contributed by atoms with E-state index in [4.69, 9.17) is 12.2 Å². The van der Waals surface area contributed by atoms with Crippen LogP contribution in [-0.2, 0) is 4.79 Å². The molecule has 0 amide bonds. The van der Waals surface area contributed by atoms with Crippen LogP contribution in [0.25, 0.3) is 0 Å². The van der Waals surface area contributed by atoms with Crippen molar-refractivity contribution in [2.75, 3.05) is 0 Å². The fourth-order valence-corrected chi connectivity index (χ4v) is 0.527. The van der Waals surface area contributed by atoms with E-state index in [-0.39, 0.29) is 12.3 Å². The highest BCUT2D eigenvalue weighted by atomic mass is 16.4. The third kappa shape index (κ3) is 3.97. The molecule has 0 radical (unpaired) electrons. The lowest BCUT2D eigenvalue weighted by Crippen LogP contribution is -2.31. The van der Waals surface area contributed by atoms with Crippen molar-refractivity contribution in [1.29, 1.82) is 0 Å². The van der Waals surface area contributed by atoms with E-state index in [0.29, 0.717) is 0 Å². The van der Waals surface area contributed by atoms with Crippen LogP contribution in [0.5, 0.6) is 0 Å². The zero-order valence-electron chi connectivity index (χ0n) is 6.72. The zero-order valence-corrected chi connectivity index (χ0v) is 5.72. The summed E-state index contributed by atoms with van der Waals surface area (Å²) >= 11 is 0. The van der Waals surface area contributed by atoms with Gasteiger partial charge in [0.1, 0.15) is 6.02 Å². The first kappa shape index (κ1) is 6.55. The number of carbonyl (C=O) groups is 1. The fourth-order valence-electron chi connectivity index (χ4n) is 0.527. The summed E-state index contributed by atoms with van der Waals surface area (Å²) in [5.74, 6) is -1.13. The molecule has 0 aliphatic heterocycles. The van der Waals surface area contributed by atoms with Gasteiger partial charge in [-0.15, -0.1) is 0 Å². The van der Waals surface area contributed by atoms with Gasteiger partial charge in [-0.1, -0.05) is 13.8 Å². The molecule has 0 heterocycles. The van der Waals surface area contributed by atoms with Crippen LogP contribution in [0.3, 0.4) is 0 Å². The monoisotopic (exact) mass is 132 g/mol. The van der Waals surface area contributed by atoms with Crippen LogP contribution >= 0.6 is 0 Å². The molecule has 0 aliphatic rings. The summed E-state index contributed by atoms with van der Waals surface area (Å²) in [6.07, 6.45) is 0.183. The molecule has 0 aliphatic carbocycles. The lowest BCUT2D eigenvalue weighted by atomic mass is 10.1. The van der Waals surface area contributed by atoms with Crippen molar-refractivity contribution in [3.63, 3.8) is 0 Å². The van der Waals surface area contributed by atoms with Crippen LogP contribution in [0.15, 0.2) is 0 Å². The summed E-state index contributed by atoms with van der Waals surface area (Å²) in [5, 5.41) is 8.38. The minimum Gasteiger partial charge on any atom is -0.480 e. The predicted molar refractivity (Wildman–Crippen MR) is 35.1 cm³/mol. The summed E-state index contributed by atoms with van der Waals surface area (Å²) in [6, 6.07) is -1.81. The Balaban J connectivity index is 4.00. The molecule has 0 rings (SSSR count). The standard InChI is InChI=1S/C6H13NO2/c1-4(2)3-5(7)6(8)9/h4-5H,3,7H2,1-2H3,(H,8,9)/t5-/m1/s1/i5D. The van der Waals surface area contributed by atoms with Crippen molar-refractivity contribution in [1.82, 2.24) is 0 Å². The third-order valence-corrected chi connectivity index (χ3v) is 0.903. The molecule has 9 heavy (non-hydrogen) atoms. The van der Waals surface area contributed by atoms with Crippen LogP contribution in [0.4, 0.5) is 0 Å². The van der Waals surface area contributed by atoms with Crippen molar-refractivity contribution in [2.24, 2.45) is 11.7 Å². The number of rotatable bonds is 3. The summed E-state index contributed by atoms with van der Waals surface area (Å²) < 4.78 is 7.09. The van der Waals surface area contributed by atoms with Gasteiger partial charge >= 0.3 is 5.97 Å². The summed E-state index contributed by atoms with van der Waals surface area (Å²) in [6.45, 7) is 3.66. The molecule has 3 nitrogen and oxygen atoms in total. The van der Waals surface area contributed by atoms with Crippen LogP contribution in [-0.4, -0.2) is 17.1 Å². The summed E-state index contributed by atoms with van der Waals surface area (Å²) in [4.78, 5) is 10.2. The summed E-state index contributed by atoms with van der Waals surface area (Å²) in [7, 11) is 0. The van der Waals surface area contributed by atoms with E-state index in [1.807, 2.05) is 13.8 Å². The molecule has 0 saturated carbocycles. The lowest BCUT2D eigenvalue weighted by molar-refractivity contribution is -0.138. The molecule has 0 unspecified atom stereocenters. The Kier molecular flexibility index (Phi) is 2.51. The van der Waals surface area contributed by atoms with Gasteiger partial charge in [0.25, 0.3) is 0 Å². The highest BCUT2D eigenvalue weighted by Crippen LogP contribution is 2.01. The molecule has 0 aromatic rings. The summed E-state index contributed by atoms with van der Waals surface area (Å²) in [5.41, 5.74) is 5.13. The Morgan fingerprint density at radius 3 is 2.44 bits per heavy atom. The van der Waals surface area contributed by atoms with Crippen molar-refractivity contribution in [2.45, 2.75) is 26.3 Å². The van der Waals surface area contributed by atoms with Gasteiger partial charge in [0, 0.05) is 0 Å². The molecule has 3 heteroatoms. The maximum Gasteiger partial charge on any atom is 0.320 e. The Morgan fingerprint density at radius 1 is 1.89 bits per heavy atom. The van der Waals surface area contributed by atoms with Gasteiger partial charge in [-0.2, -0.15) is 0 Å². The highest BCUT2D eigenvalue weighted by molar-refractivity contribution is 5.72. The maximum absolute atomic E-state index is 10.2. The number of nitrogens with two attached hydrogens (primary N) is 1. The van der Waals surface area contributed by atoms with E-state index in [1.165, 1.54) is 0 Å². The van der Waals surface area contributed by atoms with Crippen LogP contribution < -0.4 is 5.73 Å². The number of hydrogen-bond acceptors (Lipinski definition) is 2. The van der Waals surface area contributed by atoms with Gasteiger partial charge in [-0.3, -0.25) is 4.79 Å². The molecule has 0 spiro atoms. The highest BCUT2D eigenvalue weighted by Gasteiger charge is 2.11. The number of carboxylic acids is 1. The fraction of sp³-hybridized carbons (Fsp3) is 0.833. The molecular formula is C6H13NO2. The van der Waals surface area contributed by atoms with E-state index in [0.717, 1.165) is 0 Å². The Morgan fingerprint density at radius 2 is 2.33 bits per heavy atom. The SMILES string of the molecule is [2H][C@@](N)(CC(C)C)C(=O)O. The quantitative estimate of drug-likeness (QED) is 0.585. The second-order valence-electron chi connectivity index (χ2n) is 2.43. The molecule has 0 aromatic carbocycles. The van der Waals surface area contributed by atoms with Gasteiger partial charge in [0.15, 0.2) is 0 Å². The average molecular weight is 132 g/mol. The molecule has 0 fully saturated rings. The van der Waals surface area contributed by atoms with Crippen molar-refractivity contribution < 1.29 is 11.3 Å². The molecular weight excluding hydrogens is 118 g/mol. The smallest absolute Gasteiger partial charge is 0.320 e. The van der Waals surface area contributed by atoms with Crippen molar-refractivity contribution in [3.05, 3.63) is 0 Å². The normalized spacial score (nSPS) is 18.9. The Labute approximate surface area is 56.3 Å². The van der Waals surface area contributed by atoms with E-state index in [1.54, 1.807) is 0 Å². The van der Waals surface area contributed by atoms with Gasteiger partial charge < -0.3 is 10.8 Å². The minimum atomic E-state index is -1.81. The third-order valence-electron chi connectivity index (χ3n) is 0.903. The first-order chi connectivity index (χ1) is 4.36. The molecule has 3 N–H and O–H groups in total. The van der Waals surface area contributed by atoms with Crippen molar-refractivity contribution >= 4 is 5.97 Å². The Bertz CT molecular complexity index is 134. The molecule has 0 saturated heterocycles. The largest absolute Gasteiger partial charge is 0.480 e. The number of hydrogen-bond donors (Lipinski definition) is 2. The predicted octanol–water partition coefficient (Wildman–Crippen LogP) is 0.444. The van der Waals surface area contributed by atoms with E-state index < -0.39 is 12.0 Å². The number of carboxylic acid groups (broad SMARTS) is 1. The van der Waals surface area contributed by atoms with Gasteiger partial charge in [-0.05, 0) is 12.3 Å². The average Bonchev–Trinajstić information content (AvgIpc) is 1.60. The zero-order chi connectivity index (χ0) is 8.36. The van der Waals surface area contributed by atoms with Gasteiger partial charge in [0.05, 0.1) is 1.37 Å². The topological polar surface area (TPSA) is 63.3 Å². The van der Waals surface area contributed by atoms with E-state index >= 15 is 0 Å². The second-order valence-corrected chi connectivity index (χ2v) is 2.43. The molecule has 54 valence electrons. The van der Waals surface area contributed by atoms with Crippen LogP contribution in [0.1, 0.15) is 21.6 Å². The lowest BCUT2D eigenvalue weighted by Gasteiger charge is -2.07. The maximum atomic E-state index is 10.2. The van der Waals surface area contributed by atoms with Crippen molar-refractivity contribution in [3.8, 4) is 0 Å². The van der Waals surface area contributed by atoms with Crippen LogP contribution in [0.2, 0.25) is 0 Å². The first-order valence-corrected chi connectivity index (χ1v) is 2.88. The van der Waals surface area contributed by atoms with E-state index in [9.17, 15) is 4.79 Å². The Hall–Kier alpha value is -0.570. The molecule has 1 atom stereocenters. The van der Waals surface area contributed by atoms with E-state index in [2.05, 4.69) is 0 Å². The first-order valence-electron chi connectivity index (χ1n) is 3.38. The second kappa shape index (κ2) is 3.45. The minimum absolute atomic E-state index is 0.138.